The van der Waals surface area contributed by atoms with Crippen molar-refractivity contribution in [1.29, 1.82) is 0 Å². The number of fused-ring (bicyclic) bond motifs is 1. The average molecular weight is 244 g/mol. The van der Waals surface area contributed by atoms with Crippen molar-refractivity contribution in [2.45, 2.75) is 44.9 Å². The maximum Gasteiger partial charge on any atom is 0.126 e. The zero-order chi connectivity index (χ0) is 13.1. The van der Waals surface area contributed by atoms with Crippen molar-refractivity contribution in [1.82, 2.24) is 0 Å². The van der Waals surface area contributed by atoms with Gasteiger partial charge in [0.15, 0.2) is 0 Å². The monoisotopic (exact) mass is 244 g/mol. The fourth-order valence-electron chi connectivity index (χ4n) is 3.06. The molecule has 0 bridgehead atoms. The maximum absolute atomic E-state index is 11.0. The Kier molecular flexibility index (Phi) is 2.20. The molecule has 1 aromatic rings. The van der Waals surface area contributed by atoms with Crippen LogP contribution in [0.5, 0.6) is 5.75 Å². The molecule has 2 atom stereocenters. The van der Waals surface area contributed by atoms with Crippen LogP contribution in [0.3, 0.4) is 0 Å². The standard InChI is InChI=1S/C16H20O2/c1-10-5-11(16(4)7-12(16)8-17)6-13-14(10)18-9-15(13,2)3/h5-6,8,12H,7,9H2,1-4H3. The van der Waals surface area contributed by atoms with Gasteiger partial charge in [0, 0.05) is 22.3 Å². The summed E-state index contributed by atoms with van der Waals surface area (Å²) in [6.07, 6.45) is 2.08. The van der Waals surface area contributed by atoms with Crippen LogP contribution in [0.1, 0.15) is 43.9 Å². The normalized spacial score (nSPS) is 31.7. The smallest absolute Gasteiger partial charge is 0.126 e. The second-order valence-corrected chi connectivity index (χ2v) is 6.71. The van der Waals surface area contributed by atoms with Crippen molar-refractivity contribution >= 4 is 6.29 Å². The van der Waals surface area contributed by atoms with Crippen LogP contribution in [0.25, 0.3) is 0 Å². The highest BCUT2D eigenvalue weighted by molar-refractivity contribution is 5.65. The van der Waals surface area contributed by atoms with Gasteiger partial charge in [0.05, 0.1) is 6.61 Å². The van der Waals surface area contributed by atoms with Gasteiger partial charge in [-0.2, -0.15) is 0 Å². The Bertz CT molecular complexity index is 530. The van der Waals surface area contributed by atoms with Gasteiger partial charge in [-0.05, 0) is 24.5 Å². The number of aldehydes is 1. The lowest BCUT2D eigenvalue weighted by Gasteiger charge is -2.19. The molecule has 0 aromatic heterocycles. The molecule has 2 nitrogen and oxygen atoms in total. The number of hydrogen-bond donors (Lipinski definition) is 0. The Morgan fingerprint density at radius 2 is 2.06 bits per heavy atom. The quantitative estimate of drug-likeness (QED) is 0.747. The van der Waals surface area contributed by atoms with Crippen molar-refractivity contribution in [3.63, 3.8) is 0 Å². The Morgan fingerprint density at radius 1 is 1.33 bits per heavy atom. The molecular formula is C16H20O2. The molecule has 1 aliphatic carbocycles. The third-order valence-corrected chi connectivity index (χ3v) is 4.71. The Labute approximate surface area is 108 Å². The molecule has 1 aliphatic heterocycles. The average Bonchev–Trinajstić information content (AvgIpc) is 2.89. The van der Waals surface area contributed by atoms with Crippen molar-refractivity contribution in [2.75, 3.05) is 6.61 Å². The van der Waals surface area contributed by atoms with E-state index in [9.17, 15) is 4.79 Å². The van der Waals surface area contributed by atoms with Gasteiger partial charge in [-0.1, -0.05) is 32.9 Å². The lowest BCUT2D eigenvalue weighted by molar-refractivity contribution is -0.109. The summed E-state index contributed by atoms with van der Waals surface area (Å²) in [7, 11) is 0. The molecule has 2 heteroatoms. The van der Waals surface area contributed by atoms with Crippen LogP contribution < -0.4 is 4.74 Å². The van der Waals surface area contributed by atoms with Gasteiger partial charge >= 0.3 is 0 Å². The fourth-order valence-corrected chi connectivity index (χ4v) is 3.06. The van der Waals surface area contributed by atoms with E-state index >= 15 is 0 Å². The highest BCUT2D eigenvalue weighted by atomic mass is 16.5. The highest BCUT2D eigenvalue weighted by Crippen LogP contribution is 2.54. The van der Waals surface area contributed by atoms with E-state index in [1.54, 1.807) is 0 Å². The Hall–Kier alpha value is -1.31. The molecule has 1 aromatic carbocycles. The molecule has 18 heavy (non-hydrogen) atoms. The second-order valence-electron chi connectivity index (χ2n) is 6.71. The molecular weight excluding hydrogens is 224 g/mol. The van der Waals surface area contributed by atoms with E-state index in [1.807, 2.05) is 0 Å². The minimum absolute atomic E-state index is 0.0558. The number of benzene rings is 1. The molecule has 0 N–H and O–H groups in total. The number of aryl methyl sites for hydroxylation is 1. The minimum Gasteiger partial charge on any atom is -0.492 e. The summed E-state index contributed by atoms with van der Waals surface area (Å²) in [5, 5.41) is 0. The van der Waals surface area contributed by atoms with E-state index in [-0.39, 0.29) is 16.7 Å². The first kappa shape index (κ1) is 11.8. The van der Waals surface area contributed by atoms with Gasteiger partial charge in [-0.3, -0.25) is 0 Å². The number of carbonyl (C=O) groups excluding carboxylic acids is 1. The van der Waals surface area contributed by atoms with E-state index in [4.69, 9.17) is 4.74 Å². The van der Waals surface area contributed by atoms with E-state index in [2.05, 4.69) is 39.8 Å². The predicted molar refractivity (Wildman–Crippen MR) is 71.2 cm³/mol. The van der Waals surface area contributed by atoms with Crippen molar-refractivity contribution < 1.29 is 9.53 Å². The van der Waals surface area contributed by atoms with E-state index in [0.29, 0.717) is 0 Å². The fraction of sp³-hybridized carbons (Fsp3) is 0.562. The lowest BCUT2D eigenvalue weighted by Crippen LogP contribution is -2.19. The number of hydrogen-bond acceptors (Lipinski definition) is 2. The van der Waals surface area contributed by atoms with Crippen LogP contribution >= 0.6 is 0 Å². The molecule has 2 unspecified atom stereocenters. The Balaban J connectivity index is 2.10. The van der Waals surface area contributed by atoms with Gasteiger partial charge in [0.25, 0.3) is 0 Å². The molecule has 1 heterocycles. The topological polar surface area (TPSA) is 26.3 Å². The number of ether oxygens (including phenoxy) is 1. The summed E-state index contributed by atoms with van der Waals surface area (Å²) in [5.74, 6) is 1.25. The van der Waals surface area contributed by atoms with E-state index in [0.717, 1.165) is 25.1 Å². The molecule has 0 spiro atoms. The van der Waals surface area contributed by atoms with Crippen LogP contribution in [-0.4, -0.2) is 12.9 Å². The zero-order valence-corrected chi connectivity index (χ0v) is 11.5. The molecule has 0 amide bonds. The molecule has 0 saturated heterocycles. The van der Waals surface area contributed by atoms with Crippen molar-refractivity contribution in [3.05, 3.63) is 28.8 Å². The van der Waals surface area contributed by atoms with Crippen LogP contribution in [0.15, 0.2) is 12.1 Å². The molecule has 2 aliphatic rings. The van der Waals surface area contributed by atoms with Gasteiger partial charge in [-0.25, -0.2) is 0 Å². The van der Waals surface area contributed by atoms with Crippen LogP contribution in [0.2, 0.25) is 0 Å². The zero-order valence-electron chi connectivity index (χ0n) is 11.5. The van der Waals surface area contributed by atoms with Gasteiger partial charge in [-0.15, -0.1) is 0 Å². The summed E-state index contributed by atoms with van der Waals surface area (Å²) in [6, 6.07) is 4.46. The summed E-state index contributed by atoms with van der Waals surface area (Å²) in [4.78, 5) is 11.0. The largest absolute Gasteiger partial charge is 0.492 e. The predicted octanol–water partition coefficient (Wildman–Crippen LogP) is 3.14. The SMILES string of the molecule is Cc1cc(C2(C)CC2C=O)cc2c1OCC2(C)C. The van der Waals surface area contributed by atoms with Crippen LogP contribution in [-0.2, 0) is 15.6 Å². The number of rotatable bonds is 2. The van der Waals surface area contributed by atoms with Gasteiger partial charge in [0.2, 0.25) is 0 Å². The molecule has 1 fully saturated rings. The first-order chi connectivity index (χ1) is 8.38. The first-order valence-corrected chi connectivity index (χ1v) is 6.62. The van der Waals surface area contributed by atoms with Crippen molar-refractivity contribution in [2.24, 2.45) is 5.92 Å². The van der Waals surface area contributed by atoms with Gasteiger partial charge < -0.3 is 9.53 Å². The van der Waals surface area contributed by atoms with E-state index < -0.39 is 0 Å². The number of carbonyl (C=O) groups is 1. The van der Waals surface area contributed by atoms with Crippen molar-refractivity contribution in [3.8, 4) is 5.75 Å². The van der Waals surface area contributed by atoms with Crippen LogP contribution in [0.4, 0.5) is 0 Å². The Morgan fingerprint density at radius 3 is 2.67 bits per heavy atom. The molecule has 3 rings (SSSR count). The molecule has 0 radical (unpaired) electrons. The summed E-state index contributed by atoms with van der Waals surface area (Å²) in [5.41, 5.74) is 3.94. The first-order valence-electron chi connectivity index (χ1n) is 6.62. The third-order valence-electron chi connectivity index (χ3n) is 4.71. The maximum atomic E-state index is 11.0. The van der Waals surface area contributed by atoms with E-state index in [1.165, 1.54) is 16.7 Å². The lowest BCUT2D eigenvalue weighted by atomic mass is 9.82. The summed E-state index contributed by atoms with van der Waals surface area (Å²) < 4.78 is 5.82. The second kappa shape index (κ2) is 3.37. The van der Waals surface area contributed by atoms with Gasteiger partial charge in [0.1, 0.15) is 12.0 Å². The molecule has 1 saturated carbocycles. The highest BCUT2D eigenvalue weighted by Gasteiger charge is 2.52. The summed E-state index contributed by atoms with van der Waals surface area (Å²) in [6.45, 7) is 9.48. The summed E-state index contributed by atoms with van der Waals surface area (Å²) >= 11 is 0. The third kappa shape index (κ3) is 1.44. The molecule has 96 valence electrons. The minimum atomic E-state index is 0.0558. The van der Waals surface area contributed by atoms with Crippen LogP contribution in [0, 0.1) is 12.8 Å².